The lowest BCUT2D eigenvalue weighted by atomic mass is 9.85. The van der Waals surface area contributed by atoms with E-state index in [-0.39, 0.29) is 16.8 Å². The van der Waals surface area contributed by atoms with Crippen molar-refractivity contribution in [2.24, 2.45) is 0 Å². The van der Waals surface area contributed by atoms with Gasteiger partial charge in [-0.05, 0) is 18.6 Å². The van der Waals surface area contributed by atoms with Crippen LogP contribution in [0, 0.1) is 0 Å². The molecular weight excluding hydrogens is 358 g/mol. The first-order valence-corrected chi connectivity index (χ1v) is 9.22. The predicted octanol–water partition coefficient (Wildman–Crippen LogP) is 2.83. The smallest absolute Gasteiger partial charge is 0.341 e. The molecule has 2 aromatic rings. The van der Waals surface area contributed by atoms with Gasteiger partial charge in [-0.2, -0.15) is 4.98 Å². The Bertz CT molecular complexity index is 817. The lowest BCUT2D eigenvalue weighted by molar-refractivity contribution is -0.139. The van der Waals surface area contributed by atoms with Crippen LogP contribution in [0.25, 0.3) is 0 Å². The molecule has 0 bridgehead atoms. The summed E-state index contributed by atoms with van der Waals surface area (Å²) >= 11 is 0. The number of aromatic nitrogens is 4. The lowest BCUT2D eigenvalue weighted by Gasteiger charge is -2.28. The molecule has 0 saturated carbocycles. The normalized spacial score (nSPS) is 11.9. The van der Waals surface area contributed by atoms with Crippen molar-refractivity contribution < 1.29 is 14.6 Å². The maximum absolute atomic E-state index is 10.7. The van der Waals surface area contributed by atoms with E-state index < -0.39 is 12.6 Å². The van der Waals surface area contributed by atoms with Gasteiger partial charge in [0.1, 0.15) is 0 Å². The number of anilines is 1. The van der Waals surface area contributed by atoms with Crippen molar-refractivity contribution in [1.29, 1.82) is 0 Å². The van der Waals surface area contributed by atoms with Crippen molar-refractivity contribution >= 4 is 11.9 Å². The second-order valence-electron chi connectivity index (χ2n) is 8.45. The third-order valence-electron chi connectivity index (χ3n) is 4.48. The van der Waals surface area contributed by atoms with Gasteiger partial charge in [0.2, 0.25) is 5.95 Å². The number of hydrogen-bond acceptors (Lipinski definition) is 7. The Balaban J connectivity index is 2.06. The van der Waals surface area contributed by atoms with E-state index in [1.54, 1.807) is 12.4 Å². The molecule has 0 aliphatic carbocycles. The molecule has 0 unspecified atom stereocenters. The van der Waals surface area contributed by atoms with E-state index in [1.807, 2.05) is 24.1 Å². The van der Waals surface area contributed by atoms with E-state index >= 15 is 0 Å². The van der Waals surface area contributed by atoms with Crippen LogP contribution in [0.3, 0.4) is 0 Å². The van der Waals surface area contributed by atoms with Gasteiger partial charge in [0, 0.05) is 36.8 Å². The minimum absolute atomic E-state index is 0.0366. The molecule has 2 rings (SSSR count). The van der Waals surface area contributed by atoms with Crippen LogP contribution in [-0.4, -0.2) is 51.2 Å². The zero-order chi connectivity index (χ0) is 20.9. The summed E-state index contributed by atoms with van der Waals surface area (Å²) in [7, 11) is 1.97. The number of carboxylic acids is 1. The number of hydrogen-bond donors (Lipinski definition) is 1. The minimum Gasteiger partial charge on any atom is -0.479 e. The summed E-state index contributed by atoms with van der Waals surface area (Å²) in [5.41, 5.74) is 1.49. The van der Waals surface area contributed by atoms with Crippen LogP contribution in [0.15, 0.2) is 24.5 Å². The largest absolute Gasteiger partial charge is 0.479 e. The number of carbonyl (C=O) groups is 1. The van der Waals surface area contributed by atoms with E-state index in [0.717, 1.165) is 24.4 Å². The van der Waals surface area contributed by atoms with Crippen LogP contribution in [0.4, 0.5) is 5.95 Å². The Hall–Kier alpha value is -2.77. The number of carboxylic acid groups (broad SMARTS) is 1. The summed E-state index contributed by atoms with van der Waals surface area (Å²) in [6.45, 7) is 10.8. The molecule has 0 aliphatic heterocycles. The van der Waals surface area contributed by atoms with Gasteiger partial charge >= 0.3 is 12.0 Å². The Kier molecular flexibility index (Phi) is 6.53. The van der Waals surface area contributed by atoms with Crippen LogP contribution in [0.5, 0.6) is 6.01 Å². The minimum atomic E-state index is -1.06. The highest BCUT2D eigenvalue weighted by molar-refractivity contribution is 5.68. The quantitative estimate of drug-likeness (QED) is 0.738. The number of rotatable bonds is 8. The van der Waals surface area contributed by atoms with Gasteiger partial charge in [-0.15, -0.1) is 0 Å². The lowest BCUT2D eigenvalue weighted by Crippen LogP contribution is -2.29. The van der Waals surface area contributed by atoms with Crippen molar-refractivity contribution in [2.75, 3.05) is 25.1 Å². The van der Waals surface area contributed by atoms with Crippen molar-refractivity contribution in [2.45, 2.75) is 51.9 Å². The average Bonchev–Trinajstić information content (AvgIpc) is 2.64. The Labute approximate surface area is 166 Å². The summed E-state index contributed by atoms with van der Waals surface area (Å²) in [5, 5.41) is 8.73. The Morgan fingerprint density at radius 3 is 2.36 bits per heavy atom. The molecule has 0 aliphatic rings. The SMILES string of the molecule is CN(CCC(C)(C)c1ccnc(OCC(=O)O)n1)c1nccc(C(C)(C)C)n1. The van der Waals surface area contributed by atoms with E-state index in [9.17, 15) is 4.79 Å². The summed E-state index contributed by atoms with van der Waals surface area (Å²) in [5.74, 6) is -0.372. The second-order valence-corrected chi connectivity index (χ2v) is 8.45. The predicted molar refractivity (Wildman–Crippen MR) is 107 cm³/mol. The molecule has 0 fully saturated rings. The first-order chi connectivity index (χ1) is 13.0. The Morgan fingerprint density at radius 1 is 1.07 bits per heavy atom. The topological polar surface area (TPSA) is 101 Å². The van der Waals surface area contributed by atoms with Crippen molar-refractivity contribution in [3.8, 4) is 6.01 Å². The molecule has 0 radical (unpaired) electrons. The van der Waals surface area contributed by atoms with Crippen LogP contribution >= 0.6 is 0 Å². The molecule has 8 nitrogen and oxygen atoms in total. The summed E-state index contributed by atoms with van der Waals surface area (Å²) in [4.78, 5) is 30.1. The zero-order valence-electron chi connectivity index (χ0n) is 17.4. The van der Waals surface area contributed by atoms with Crippen molar-refractivity contribution in [1.82, 2.24) is 19.9 Å². The fraction of sp³-hybridized carbons (Fsp3) is 0.550. The van der Waals surface area contributed by atoms with Crippen LogP contribution in [0.1, 0.15) is 52.4 Å². The summed E-state index contributed by atoms with van der Waals surface area (Å²) < 4.78 is 5.09. The van der Waals surface area contributed by atoms with Gasteiger partial charge in [-0.3, -0.25) is 0 Å². The average molecular weight is 387 g/mol. The third kappa shape index (κ3) is 5.87. The molecule has 2 aromatic heterocycles. The van der Waals surface area contributed by atoms with E-state index in [1.165, 1.54) is 0 Å². The number of nitrogens with zero attached hydrogens (tertiary/aromatic N) is 5. The van der Waals surface area contributed by atoms with Gasteiger partial charge in [-0.25, -0.2) is 19.7 Å². The molecule has 0 amide bonds. The zero-order valence-corrected chi connectivity index (χ0v) is 17.4. The van der Waals surface area contributed by atoms with Gasteiger partial charge in [0.25, 0.3) is 0 Å². The molecule has 0 saturated heterocycles. The van der Waals surface area contributed by atoms with Crippen LogP contribution in [-0.2, 0) is 15.6 Å². The molecule has 8 heteroatoms. The molecule has 28 heavy (non-hydrogen) atoms. The van der Waals surface area contributed by atoms with Crippen LogP contribution in [0.2, 0.25) is 0 Å². The molecule has 152 valence electrons. The van der Waals surface area contributed by atoms with Gasteiger partial charge in [0.15, 0.2) is 6.61 Å². The molecule has 0 atom stereocenters. The van der Waals surface area contributed by atoms with Gasteiger partial charge < -0.3 is 14.7 Å². The molecule has 0 aromatic carbocycles. The fourth-order valence-electron chi connectivity index (χ4n) is 2.54. The highest BCUT2D eigenvalue weighted by Crippen LogP contribution is 2.27. The second kappa shape index (κ2) is 8.50. The molecular formula is C20H29N5O3. The highest BCUT2D eigenvalue weighted by Gasteiger charge is 2.24. The fourth-order valence-corrected chi connectivity index (χ4v) is 2.54. The monoisotopic (exact) mass is 387 g/mol. The molecule has 2 heterocycles. The van der Waals surface area contributed by atoms with Gasteiger partial charge in [0.05, 0.1) is 11.4 Å². The maximum atomic E-state index is 10.7. The van der Waals surface area contributed by atoms with E-state index in [2.05, 4.69) is 54.6 Å². The summed E-state index contributed by atoms with van der Waals surface area (Å²) in [6.07, 6.45) is 4.17. The first kappa shape index (κ1) is 21.5. The van der Waals surface area contributed by atoms with Crippen LogP contribution < -0.4 is 9.64 Å². The standard InChI is InChI=1S/C20H29N5O3/c1-19(2,3)14-7-10-21-17(23-14)25(6)12-9-20(4,5)15-8-11-22-18(24-15)28-13-16(26)27/h7-8,10-11H,9,12-13H2,1-6H3,(H,26,27). The van der Waals surface area contributed by atoms with Gasteiger partial charge in [-0.1, -0.05) is 34.6 Å². The van der Waals surface area contributed by atoms with E-state index in [4.69, 9.17) is 9.84 Å². The maximum Gasteiger partial charge on any atom is 0.341 e. The Morgan fingerprint density at radius 2 is 1.71 bits per heavy atom. The molecule has 0 spiro atoms. The summed E-state index contributed by atoms with van der Waals surface area (Å²) in [6, 6.07) is 3.84. The first-order valence-electron chi connectivity index (χ1n) is 9.22. The van der Waals surface area contributed by atoms with Crippen molar-refractivity contribution in [3.63, 3.8) is 0 Å². The van der Waals surface area contributed by atoms with E-state index in [0.29, 0.717) is 5.95 Å². The number of ether oxygens (including phenoxy) is 1. The highest BCUT2D eigenvalue weighted by atomic mass is 16.5. The third-order valence-corrected chi connectivity index (χ3v) is 4.48. The van der Waals surface area contributed by atoms with Crippen molar-refractivity contribution in [3.05, 3.63) is 35.9 Å². The number of aliphatic carboxylic acids is 1. The molecule has 1 N–H and O–H groups in total.